The molecule has 0 amide bonds. The third-order valence-electron chi connectivity index (χ3n) is 4.14. The molecule has 1 aliphatic rings. The lowest BCUT2D eigenvalue weighted by molar-refractivity contribution is -0.144. The number of carbonyl (C=O) groups is 1. The molecule has 0 aliphatic heterocycles. The van der Waals surface area contributed by atoms with Gasteiger partial charge in [-0.15, -0.1) is 0 Å². The van der Waals surface area contributed by atoms with Crippen LogP contribution < -0.4 is 5.32 Å². The number of fused-ring (bicyclic) bond motifs is 1. The number of rotatable bonds is 4. The predicted octanol–water partition coefficient (Wildman–Crippen LogP) is 3.20. The monoisotopic (exact) mass is 377 g/mol. The molecule has 1 N–H and O–H groups in total. The Kier molecular flexibility index (Phi) is 3.97. The van der Waals surface area contributed by atoms with Crippen LogP contribution in [0.5, 0.6) is 0 Å². The molecule has 0 bridgehead atoms. The first kappa shape index (κ1) is 17.3. The van der Waals surface area contributed by atoms with Gasteiger partial charge in [-0.05, 0) is 25.0 Å². The molecule has 0 saturated heterocycles. The minimum atomic E-state index is -4.72. The molecule has 0 unspecified atom stereocenters. The van der Waals surface area contributed by atoms with Crippen molar-refractivity contribution in [3.63, 3.8) is 0 Å². The molecule has 2 heterocycles. The average molecular weight is 377 g/mol. The highest BCUT2D eigenvalue weighted by Crippen LogP contribution is 2.33. The Morgan fingerprint density at radius 2 is 2.00 bits per heavy atom. The van der Waals surface area contributed by atoms with Gasteiger partial charge in [-0.25, -0.2) is 19.7 Å². The number of para-hydroxylation sites is 1. The molecule has 1 fully saturated rings. The average Bonchev–Trinajstić information content (AvgIpc) is 3.36. The summed E-state index contributed by atoms with van der Waals surface area (Å²) in [5, 5.41) is 2.97. The maximum Gasteiger partial charge on any atom is 0.451 e. The van der Waals surface area contributed by atoms with Crippen LogP contribution in [0.2, 0.25) is 0 Å². The fraction of sp³-hybridized carbons (Fsp3) is 0.294. The van der Waals surface area contributed by atoms with Crippen molar-refractivity contribution in [2.75, 3.05) is 12.4 Å². The number of hydrogen-bond donors (Lipinski definition) is 1. The molecule has 4 rings (SSSR count). The number of methoxy groups -OCH3 is 1. The van der Waals surface area contributed by atoms with Gasteiger partial charge in [-0.3, -0.25) is 4.57 Å². The van der Waals surface area contributed by atoms with Gasteiger partial charge in [0.15, 0.2) is 17.0 Å². The minimum Gasteiger partial charge on any atom is -0.465 e. The second kappa shape index (κ2) is 6.22. The number of halogens is 3. The summed E-state index contributed by atoms with van der Waals surface area (Å²) >= 11 is 0. The second-order valence-electron chi connectivity index (χ2n) is 6.11. The first-order valence-electron chi connectivity index (χ1n) is 8.15. The maximum atomic E-state index is 13.3. The van der Waals surface area contributed by atoms with Crippen molar-refractivity contribution in [2.24, 2.45) is 0 Å². The van der Waals surface area contributed by atoms with E-state index in [2.05, 4.69) is 20.3 Å². The zero-order valence-corrected chi connectivity index (χ0v) is 14.1. The molecule has 3 aromatic rings. The van der Waals surface area contributed by atoms with Crippen molar-refractivity contribution in [3.8, 4) is 5.69 Å². The number of hydrogen-bond acceptors (Lipinski definition) is 6. The van der Waals surface area contributed by atoms with E-state index in [9.17, 15) is 18.0 Å². The first-order chi connectivity index (χ1) is 12.9. The summed E-state index contributed by atoms with van der Waals surface area (Å²) in [5.74, 6) is -1.85. The second-order valence-corrected chi connectivity index (χ2v) is 6.11. The Bertz CT molecular complexity index is 1030. The molecular weight excluding hydrogens is 363 g/mol. The molecule has 0 spiro atoms. The van der Waals surface area contributed by atoms with E-state index in [1.54, 1.807) is 18.2 Å². The van der Waals surface area contributed by atoms with Crippen LogP contribution in [0.15, 0.2) is 30.6 Å². The highest BCUT2D eigenvalue weighted by atomic mass is 19.4. The summed E-state index contributed by atoms with van der Waals surface area (Å²) in [6.07, 6.45) is -1.68. The smallest absolute Gasteiger partial charge is 0.451 e. The van der Waals surface area contributed by atoms with Gasteiger partial charge in [0.1, 0.15) is 6.33 Å². The van der Waals surface area contributed by atoms with E-state index < -0.39 is 18.0 Å². The summed E-state index contributed by atoms with van der Waals surface area (Å²) in [5.41, 5.74) is 0.658. The fourth-order valence-corrected chi connectivity index (χ4v) is 2.69. The van der Waals surface area contributed by atoms with Gasteiger partial charge in [-0.1, -0.05) is 12.1 Å². The van der Waals surface area contributed by atoms with Crippen LogP contribution in [0.1, 0.15) is 29.0 Å². The van der Waals surface area contributed by atoms with Gasteiger partial charge in [0.25, 0.3) is 0 Å². The van der Waals surface area contributed by atoms with Gasteiger partial charge in [0.05, 0.1) is 18.4 Å². The third kappa shape index (κ3) is 3.18. The van der Waals surface area contributed by atoms with Crippen LogP contribution in [-0.4, -0.2) is 38.6 Å². The lowest BCUT2D eigenvalue weighted by Gasteiger charge is -2.12. The van der Waals surface area contributed by atoms with Crippen molar-refractivity contribution in [1.29, 1.82) is 0 Å². The number of carbonyl (C=O) groups excluding carboxylic acids is 1. The van der Waals surface area contributed by atoms with Crippen molar-refractivity contribution in [2.45, 2.75) is 25.1 Å². The van der Waals surface area contributed by atoms with Gasteiger partial charge >= 0.3 is 12.1 Å². The Morgan fingerprint density at radius 3 is 2.67 bits per heavy atom. The molecule has 1 saturated carbocycles. The number of alkyl halides is 3. The molecule has 2 aromatic heterocycles. The number of imidazole rings is 1. The van der Waals surface area contributed by atoms with Crippen molar-refractivity contribution >= 4 is 23.0 Å². The topological polar surface area (TPSA) is 81.9 Å². The SMILES string of the molecule is COC(=O)c1ccccc1-n1cnc2c(NC3CC3)nc(C(F)(F)F)nc21. The fourth-order valence-electron chi connectivity index (χ4n) is 2.69. The number of aromatic nitrogens is 4. The molecule has 10 heteroatoms. The predicted molar refractivity (Wildman–Crippen MR) is 89.6 cm³/mol. The van der Waals surface area contributed by atoms with E-state index in [0.717, 1.165) is 12.8 Å². The standard InChI is InChI=1S/C17H14F3N5O2/c1-27-15(26)10-4-2-3-5-11(10)25-8-21-12-13(22-9-6-7-9)23-16(17(18,19)20)24-14(12)25/h2-5,8-9H,6-7H2,1H3,(H,22,23,24). The zero-order chi connectivity index (χ0) is 19.2. The van der Waals surface area contributed by atoms with Crippen LogP contribution in [-0.2, 0) is 10.9 Å². The van der Waals surface area contributed by atoms with E-state index in [4.69, 9.17) is 4.74 Å². The maximum absolute atomic E-state index is 13.3. The van der Waals surface area contributed by atoms with Crippen molar-refractivity contribution < 1.29 is 22.7 Å². The van der Waals surface area contributed by atoms with Crippen LogP contribution in [0.25, 0.3) is 16.9 Å². The number of ether oxygens (including phenoxy) is 1. The number of nitrogens with zero attached hydrogens (tertiary/aromatic N) is 4. The first-order valence-corrected chi connectivity index (χ1v) is 8.15. The third-order valence-corrected chi connectivity index (χ3v) is 4.14. The summed E-state index contributed by atoms with van der Waals surface area (Å²) < 4.78 is 46.0. The van der Waals surface area contributed by atoms with E-state index in [1.165, 1.54) is 24.1 Å². The molecule has 1 aromatic carbocycles. The summed E-state index contributed by atoms with van der Waals surface area (Å²) in [4.78, 5) is 23.5. The van der Waals surface area contributed by atoms with Crippen molar-refractivity contribution in [3.05, 3.63) is 42.0 Å². The summed E-state index contributed by atoms with van der Waals surface area (Å²) in [6, 6.07) is 6.46. The highest BCUT2D eigenvalue weighted by molar-refractivity contribution is 5.94. The van der Waals surface area contributed by atoms with Gasteiger partial charge in [-0.2, -0.15) is 13.2 Å². The molecule has 7 nitrogen and oxygen atoms in total. The van der Waals surface area contributed by atoms with Gasteiger partial charge in [0, 0.05) is 6.04 Å². The zero-order valence-electron chi connectivity index (χ0n) is 14.1. The van der Waals surface area contributed by atoms with Crippen molar-refractivity contribution in [1.82, 2.24) is 19.5 Å². The quantitative estimate of drug-likeness (QED) is 0.703. The minimum absolute atomic E-state index is 0.0316. The summed E-state index contributed by atoms with van der Waals surface area (Å²) in [6.45, 7) is 0. The molecule has 1 aliphatic carbocycles. The highest BCUT2D eigenvalue weighted by Gasteiger charge is 2.37. The lowest BCUT2D eigenvalue weighted by Crippen LogP contribution is -2.15. The van der Waals surface area contributed by atoms with Crippen LogP contribution in [0.4, 0.5) is 19.0 Å². The Balaban J connectivity index is 1.94. The Hall–Kier alpha value is -3.17. The summed E-state index contributed by atoms with van der Waals surface area (Å²) in [7, 11) is 1.23. The normalized spacial score (nSPS) is 14.4. The van der Waals surface area contributed by atoms with Gasteiger partial charge < -0.3 is 10.1 Å². The van der Waals surface area contributed by atoms with E-state index in [-0.39, 0.29) is 28.6 Å². The van der Waals surface area contributed by atoms with Crippen LogP contribution in [0.3, 0.4) is 0 Å². The Morgan fingerprint density at radius 1 is 1.26 bits per heavy atom. The van der Waals surface area contributed by atoms with E-state index in [0.29, 0.717) is 5.69 Å². The largest absolute Gasteiger partial charge is 0.465 e. The van der Waals surface area contributed by atoms with Crippen LogP contribution >= 0.6 is 0 Å². The molecule has 140 valence electrons. The van der Waals surface area contributed by atoms with E-state index in [1.807, 2.05) is 0 Å². The molecule has 0 atom stereocenters. The lowest BCUT2D eigenvalue weighted by atomic mass is 10.2. The van der Waals surface area contributed by atoms with Crippen LogP contribution in [0, 0.1) is 0 Å². The van der Waals surface area contributed by atoms with E-state index >= 15 is 0 Å². The number of anilines is 1. The molecule has 27 heavy (non-hydrogen) atoms. The molecule has 0 radical (unpaired) electrons. The number of nitrogens with one attached hydrogen (secondary N) is 1. The van der Waals surface area contributed by atoms with Gasteiger partial charge in [0.2, 0.25) is 5.82 Å². The Labute approximate surface area is 151 Å². The molecular formula is C17H14F3N5O2. The number of esters is 1. The number of benzene rings is 1.